The molecule has 0 aliphatic rings. The SMILES string of the molecule is Cc1cc(C(=O)NC(C)C(O)c2ccc(F)c(F)c2)ccc1F. The van der Waals surface area contributed by atoms with Crippen LogP contribution in [0.1, 0.15) is 34.5 Å². The number of hydrogen-bond donors (Lipinski definition) is 2. The average molecular weight is 323 g/mol. The molecule has 0 aliphatic carbocycles. The Labute approximate surface area is 131 Å². The van der Waals surface area contributed by atoms with E-state index in [-0.39, 0.29) is 11.1 Å². The van der Waals surface area contributed by atoms with Crippen LogP contribution in [0.25, 0.3) is 0 Å². The molecular weight excluding hydrogens is 307 g/mol. The summed E-state index contributed by atoms with van der Waals surface area (Å²) < 4.78 is 39.3. The Morgan fingerprint density at radius 2 is 1.70 bits per heavy atom. The van der Waals surface area contributed by atoms with E-state index in [9.17, 15) is 23.1 Å². The molecule has 0 saturated carbocycles. The van der Waals surface area contributed by atoms with Gasteiger partial charge in [0.05, 0.1) is 12.1 Å². The maximum atomic E-state index is 13.2. The number of aliphatic hydroxyl groups is 1. The molecule has 0 aromatic heterocycles. The standard InChI is InChI=1S/C17H16F3NO2/c1-9-7-12(4-5-13(9)18)17(23)21-10(2)16(22)11-3-6-14(19)15(20)8-11/h3-8,10,16,22H,1-2H3,(H,21,23). The third kappa shape index (κ3) is 3.90. The maximum absolute atomic E-state index is 13.2. The smallest absolute Gasteiger partial charge is 0.251 e. The molecule has 0 heterocycles. The van der Waals surface area contributed by atoms with Crippen LogP contribution in [0.15, 0.2) is 36.4 Å². The van der Waals surface area contributed by atoms with Crippen LogP contribution in [-0.4, -0.2) is 17.1 Å². The molecule has 0 aliphatic heterocycles. The van der Waals surface area contributed by atoms with Gasteiger partial charge in [0.1, 0.15) is 5.82 Å². The predicted molar refractivity (Wildman–Crippen MR) is 79.4 cm³/mol. The molecule has 122 valence electrons. The second-order valence-corrected chi connectivity index (χ2v) is 5.34. The third-order valence-electron chi connectivity index (χ3n) is 3.54. The van der Waals surface area contributed by atoms with Crippen LogP contribution in [0.4, 0.5) is 13.2 Å². The normalized spacial score (nSPS) is 13.5. The molecule has 2 N–H and O–H groups in total. The van der Waals surface area contributed by atoms with E-state index >= 15 is 0 Å². The van der Waals surface area contributed by atoms with Crippen molar-refractivity contribution in [1.29, 1.82) is 0 Å². The van der Waals surface area contributed by atoms with Gasteiger partial charge in [-0.05, 0) is 55.3 Å². The molecule has 2 rings (SSSR count). The Bertz CT molecular complexity index is 734. The zero-order valence-corrected chi connectivity index (χ0v) is 12.6. The number of aryl methyl sites for hydroxylation is 1. The summed E-state index contributed by atoms with van der Waals surface area (Å²) >= 11 is 0. The van der Waals surface area contributed by atoms with Crippen molar-refractivity contribution in [2.45, 2.75) is 26.0 Å². The number of rotatable bonds is 4. The second-order valence-electron chi connectivity index (χ2n) is 5.34. The van der Waals surface area contributed by atoms with Gasteiger partial charge in [-0.1, -0.05) is 6.07 Å². The largest absolute Gasteiger partial charge is 0.386 e. The molecule has 2 aromatic carbocycles. The first-order chi connectivity index (χ1) is 10.8. The second kappa shape index (κ2) is 6.83. The molecule has 0 saturated heterocycles. The van der Waals surface area contributed by atoms with Crippen LogP contribution >= 0.6 is 0 Å². The molecule has 0 bridgehead atoms. The lowest BCUT2D eigenvalue weighted by Gasteiger charge is -2.21. The Kier molecular flexibility index (Phi) is 5.05. The van der Waals surface area contributed by atoms with Gasteiger partial charge in [0.25, 0.3) is 5.91 Å². The van der Waals surface area contributed by atoms with Crippen LogP contribution in [0, 0.1) is 24.4 Å². The highest BCUT2D eigenvalue weighted by Gasteiger charge is 2.20. The van der Waals surface area contributed by atoms with E-state index < -0.39 is 35.5 Å². The van der Waals surface area contributed by atoms with E-state index in [0.717, 1.165) is 12.1 Å². The monoisotopic (exact) mass is 323 g/mol. The van der Waals surface area contributed by atoms with Crippen LogP contribution in [0.2, 0.25) is 0 Å². The molecule has 6 heteroatoms. The summed E-state index contributed by atoms with van der Waals surface area (Å²) in [5.41, 5.74) is 0.715. The first-order valence-corrected chi connectivity index (χ1v) is 6.99. The van der Waals surface area contributed by atoms with Gasteiger partial charge in [0.15, 0.2) is 11.6 Å². The zero-order chi connectivity index (χ0) is 17.1. The van der Waals surface area contributed by atoms with Crippen molar-refractivity contribution in [3.63, 3.8) is 0 Å². The van der Waals surface area contributed by atoms with Crippen molar-refractivity contribution >= 4 is 5.91 Å². The third-order valence-corrected chi connectivity index (χ3v) is 3.54. The highest BCUT2D eigenvalue weighted by molar-refractivity contribution is 5.94. The lowest BCUT2D eigenvalue weighted by atomic mass is 10.0. The van der Waals surface area contributed by atoms with Gasteiger partial charge in [0.2, 0.25) is 0 Å². The molecule has 3 nitrogen and oxygen atoms in total. The topological polar surface area (TPSA) is 49.3 Å². The minimum atomic E-state index is -1.21. The van der Waals surface area contributed by atoms with Gasteiger partial charge in [-0.15, -0.1) is 0 Å². The average Bonchev–Trinajstić information content (AvgIpc) is 2.51. The quantitative estimate of drug-likeness (QED) is 0.907. The minimum Gasteiger partial charge on any atom is -0.386 e. The Morgan fingerprint density at radius 3 is 2.30 bits per heavy atom. The van der Waals surface area contributed by atoms with Gasteiger partial charge in [-0.2, -0.15) is 0 Å². The first-order valence-electron chi connectivity index (χ1n) is 6.99. The summed E-state index contributed by atoms with van der Waals surface area (Å²) in [6, 6.07) is 6.18. The molecule has 0 fully saturated rings. The van der Waals surface area contributed by atoms with E-state index in [2.05, 4.69) is 5.32 Å². The molecule has 2 unspecified atom stereocenters. The number of aliphatic hydroxyl groups excluding tert-OH is 1. The van der Waals surface area contributed by atoms with Crippen molar-refractivity contribution in [2.75, 3.05) is 0 Å². The number of halogens is 3. The van der Waals surface area contributed by atoms with Gasteiger partial charge in [-0.25, -0.2) is 13.2 Å². The molecule has 2 atom stereocenters. The van der Waals surface area contributed by atoms with Crippen molar-refractivity contribution in [3.8, 4) is 0 Å². The molecule has 1 amide bonds. The van der Waals surface area contributed by atoms with Gasteiger partial charge in [-0.3, -0.25) is 4.79 Å². The number of carbonyl (C=O) groups is 1. The Morgan fingerprint density at radius 1 is 1.04 bits per heavy atom. The zero-order valence-electron chi connectivity index (χ0n) is 12.6. The first kappa shape index (κ1) is 17.0. The van der Waals surface area contributed by atoms with Gasteiger partial charge < -0.3 is 10.4 Å². The summed E-state index contributed by atoms with van der Waals surface area (Å²) in [7, 11) is 0. The minimum absolute atomic E-state index is 0.145. The molecule has 0 radical (unpaired) electrons. The van der Waals surface area contributed by atoms with Crippen molar-refractivity contribution in [2.24, 2.45) is 0 Å². The van der Waals surface area contributed by atoms with Crippen LogP contribution in [0.5, 0.6) is 0 Å². The highest BCUT2D eigenvalue weighted by atomic mass is 19.2. The number of amides is 1. The summed E-state index contributed by atoms with van der Waals surface area (Å²) in [5, 5.41) is 12.7. The Hall–Kier alpha value is -2.34. The van der Waals surface area contributed by atoms with Crippen LogP contribution in [-0.2, 0) is 0 Å². The van der Waals surface area contributed by atoms with E-state index in [1.807, 2.05) is 0 Å². The summed E-state index contributed by atoms with van der Waals surface area (Å²) in [4.78, 5) is 12.1. The number of carbonyl (C=O) groups excluding carboxylic acids is 1. The molecule has 2 aromatic rings. The van der Waals surface area contributed by atoms with E-state index in [1.165, 1.54) is 38.1 Å². The van der Waals surface area contributed by atoms with Crippen LogP contribution in [0.3, 0.4) is 0 Å². The molecule has 23 heavy (non-hydrogen) atoms. The lowest BCUT2D eigenvalue weighted by Crippen LogP contribution is -2.37. The Balaban J connectivity index is 2.10. The van der Waals surface area contributed by atoms with E-state index in [1.54, 1.807) is 0 Å². The maximum Gasteiger partial charge on any atom is 0.251 e. The van der Waals surface area contributed by atoms with E-state index in [0.29, 0.717) is 5.56 Å². The molecular formula is C17H16F3NO2. The van der Waals surface area contributed by atoms with Crippen molar-refractivity contribution in [3.05, 3.63) is 70.5 Å². The number of nitrogens with one attached hydrogen (secondary N) is 1. The van der Waals surface area contributed by atoms with Crippen molar-refractivity contribution < 1.29 is 23.1 Å². The van der Waals surface area contributed by atoms with Crippen molar-refractivity contribution in [1.82, 2.24) is 5.32 Å². The molecule has 0 spiro atoms. The summed E-state index contributed by atoms with van der Waals surface area (Å²) in [5.74, 6) is -3.01. The summed E-state index contributed by atoms with van der Waals surface area (Å²) in [6.07, 6.45) is -1.21. The van der Waals surface area contributed by atoms with Gasteiger partial charge in [0, 0.05) is 5.56 Å². The fraction of sp³-hybridized carbons (Fsp3) is 0.235. The fourth-order valence-corrected chi connectivity index (χ4v) is 2.14. The predicted octanol–water partition coefficient (Wildman–Crippen LogP) is 3.26. The lowest BCUT2D eigenvalue weighted by molar-refractivity contribution is 0.0851. The highest BCUT2D eigenvalue weighted by Crippen LogP contribution is 2.20. The van der Waals surface area contributed by atoms with E-state index in [4.69, 9.17) is 0 Å². The van der Waals surface area contributed by atoms with Gasteiger partial charge >= 0.3 is 0 Å². The number of benzene rings is 2. The summed E-state index contributed by atoms with van der Waals surface area (Å²) in [6.45, 7) is 3.06. The van der Waals surface area contributed by atoms with Crippen LogP contribution < -0.4 is 5.32 Å². The fourth-order valence-electron chi connectivity index (χ4n) is 2.14. The number of hydrogen-bond acceptors (Lipinski definition) is 2.